The molecule has 211 valence electrons. The molecule has 5 heterocycles. The van der Waals surface area contributed by atoms with E-state index in [-0.39, 0.29) is 20.1 Å². The number of para-hydroxylation sites is 1. The first kappa shape index (κ1) is 28.2. The van der Waals surface area contributed by atoms with Crippen LogP contribution in [0, 0.1) is 26.0 Å². The second-order valence-corrected chi connectivity index (χ2v) is 9.90. The third kappa shape index (κ3) is 5.36. The summed E-state index contributed by atoms with van der Waals surface area (Å²) in [7, 11) is 0. The Morgan fingerprint density at radius 3 is 2.33 bits per heavy atom. The molecule has 0 fully saturated rings. The summed E-state index contributed by atoms with van der Waals surface area (Å²) in [5.41, 5.74) is 8.83. The number of hydrogen-bond acceptors (Lipinski definition) is 5. The molecule has 0 N–H and O–H groups in total. The van der Waals surface area contributed by atoms with E-state index in [0.29, 0.717) is 5.71 Å². The molecule has 0 aliphatic heterocycles. The van der Waals surface area contributed by atoms with Gasteiger partial charge in [0, 0.05) is 49.3 Å². The van der Waals surface area contributed by atoms with Crippen molar-refractivity contribution >= 4 is 33.2 Å². The molecule has 1 radical (unpaired) electrons. The second kappa shape index (κ2) is 12.1. The van der Waals surface area contributed by atoms with E-state index >= 15 is 0 Å². The Morgan fingerprint density at radius 2 is 1.53 bits per heavy atom. The maximum atomic E-state index is 6.22. The minimum atomic E-state index is 0. The molecule has 5 aromatic heterocycles. The maximum Gasteiger partial charge on any atom is 0.216 e. The summed E-state index contributed by atoms with van der Waals surface area (Å²) in [6, 6.07) is 40.3. The fraction of sp³-hybridized carbons (Fsp3) is 0.0556. The Balaban J connectivity index is 0.000000213. The Hall–Kier alpha value is -4.97. The molecule has 6 nitrogen and oxygen atoms in total. The first-order chi connectivity index (χ1) is 20.7. The second-order valence-electron chi connectivity index (χ2n) is 9.90. The van der Waals surface area contributed by atoms with Crippen molar-refractivity contribution in [3.8, 4) is 28.3 Å². The minimum Gasteiger partial charge on any atom is -0.486 e. The molecule has 0 amide bonds. The number of imidazole rings is 1. The van der Waals surface area contributed by atoms with E-state index in [1.165, 1.54) is 0 Å². The quantitative estimate of drug-likeness (QED) is 0.171. The zero-order valence-electron chi connectivity index (χ0n) is 23.4. The zero-order valence-corrected chi connectivity index (χ0v) is 25.8. The van der Waals surface area contributed by atoms with Gasteiger partial charge in [0.2, 0.25) is 5.71 Å². The van der Waals surface area contributed by atoms with E-state index in [1.807, 2.05) is 105 Å². The van der Waals surface area contributed by atoms with Crippen LogP contribution in [-0.2, 0) is 20.1 Å². The average Bonchev–Trinajstić information content (AvgIpc) is 3.62. The molecule has 0 aliphatic rings. The number of aromatic nitrogens is 5. The molecule has 0 saturated heterocycles. The third-order valence-electron chi connectivity index (χ3n) is 7.07. The number of benzene rings is 3. The molecule has 8 aromatic rings. The van der Waals surface area contributed by atoms with Crippen LogP contribution in [0.2, 0.25) is 0 Å². The van der Waals surface area contributed by atoms with Crippen molar-refractivity contribution in [2.24, 2.45) is 0 Å². The number of aryl methyl sites for hydroxylation is 2. The van der Waals surface area contributed by atoms with E-state index in [0.717, 1.165) is 67.1 Å². The van der Waals surface area contributed by atoms with Crippen LogP contribution >= 0.6 is 0 Å². The summed E-state index contributed by atoms with van der Waals surface area (Å²) in [6.07, 6.45) is 3.61. The van der Waals surface area contributed by atoms with Gasteiger partial charge in [0.15, 0.2) is 5.65 Å². The van der Waals surface area contributed by atoms with Crippen LogP contribution in [0.15, 0.2) is 120 Å². The predicted octanol–water partition coefficient (Wildman–Crippen LogP) is 8.35. The van der Waals surface area contributed by atoms with E-state index < -0.39 is 0 Å². The van der Waals surface area contributed by atoms with Gasteiger partial charge in [-0.25, -0.2) is 9.97 Å². The smallest absolute Gasteiger partial charge is 0.216 e. The van der Waals surface area contributed by atoms with Crippen LogP contribution in [0.1, 0.15) is 11.3 Å². The molecule has 0 bridgehead atoms. The summed E-state index contributed by atoms with van der Waals surface area (Å²) in [6.45, 7) is 4.01. The SMILES string of the molecule is Cc1ccc2c(n1)oc1c(-c3nc4c(C)ccnc4n3-c3ccccc3)[c-]ccc12.[Ir].[c-]1ccccc1-c1ccccn1. The summed E-state index contributed by atoms with van der Waals surface area (Å²) in [5, 5.41) is 1.99. The fourth-order valence-electron chi connectivity index (χ4n) is 5.04. The van der Waals surface area contributed by atoms with Gasteiger partial charge in [-0.05, 0) is 61.5 Å². The van der Waals surface area contributed by atoms with Crippen molar-refractivity contribution in [1.29, 1.82) is 0 Å². The van der Waals surface area contributed by atoms with Crippen molar-refractivity contribution in [3.05, 3.63) is 139 Å². The summed E-state index contributed by atoms with van der Waals surface area (Å²) in [4.78, 5) is 18.4. The predicted molar refractivity (Wildman–Crippen MR) is 166 cm³/mol. The number of pyridine rings is 3. The minimum absolute atomic E-state index is 0. The average molecular weight is 736 g/mol. The fourth-order valence-corrected chi connectivity index (χ4v) is 5.04. The largest absolute Gasteiger partial charge is 0.486 e. The van der Waals surface area contributed by atoms with Gasteiger partial charge in [0.1, 0.15) is 0 Å². The van der Waals surface area contributed by atoms with Crippen molar-refractivity contribution < 1.29 is 24.5 Å². The van der Waals surface area contributed by atoms with Gasteiger partial charge in [0.05, 0.1) is 16.9 Å². The Kier molecular flexibility index (Phi) is 7.92. The Morgan fingerprint density at radius 1 is 0.698 bits per heavy atom. The van der Waals surface area contributed by atoms with Gasteiger partial charge in [-0.3, -0.25) is 4.98 Å². The molecule has 0 unspecified atom stereocenters. The van der Waals surface area contributed by atoms with Crippen molar-refractivity contribution in [3.63, 3.8) is 0 Å². The van der Waals surface area contributed by atoms with Gasteiger partial charge in [-0.15, -0.1) is 54.1 Å². The Bertz CT molecular complexity index is 2120. The van der Waals surface area contributed by atoms with Gasteiger partial charge in [0.25, 0.3) is 0 Å². The summed E-state index contributed by atoms with van der Waals surface area (Å²) in [5.74, 6) is 0.749. The van der Waals surface area contributed by atoms with E-state index in [9.17, 15) is 0 Å². The van der Waals surface area contributed by atoms with E-state index in [1.54, 1.807) is 6.20 Å². The molecule has 3 aromatic carbocycles. The summed E-state index contributed by atoms with van der Waals surface area (Å²) < 4.78 is 8.29. The third-order valence-corrected chi connectivity index (χ3v) is 7.07. The van der Waals surface area contributed by atoms with Crippen LogP contribution in [-0.4, -0.2) is 24.5 Å². The standard InChI is InChI=1S/C25H17N4O.C11H8N.Ir/c1-15-13-14-26-24-21(15)28-23(29(24)17-7-4-3-5-8-17)20-10-6-9-18-19-12-11-16(2)27-25(19)30-22(18)20;1-2-6-10(7-3-1)11-8-4-5-9-12-11;/h3-9,11-14H,1-2H3;1-6,8-9H;/q2*-1;. The van der Waals surface area contributed by atoms with E-state index in [2.05, 4.69) is 49.9 Å². The van der Waals surface area contributed by atoms with Crippen LogP contribution in [0.5, 0.6) is 0 Å². The van der Waals surface area contributed by atoms with Gasteiger partial charge in [-0.2, -0.15) is 0 Å². The molecule has 7 heteroatoms. The number of furan rings is 1. The van der Waals surface area contributed by atoms with Crippen molar-refractivity contribution in [2.75, 3.05) is 0 Å². The Labute approximate surface area is 262 Å². The first-order valence-corrected chi connectivity index (χ1v) is 13.7. The molecule has 43 heavy (non-hydrogen) atoms. The molecular weight excluding hydrogens is 711 g/mol. The summed E-state index contributed by atoms with van der Waals surface area (Å²) >= 11 is 0. The van der Waals surface area contributed by atoms with Crippen LogP contribution in [0.4, 0.5) is 0 Å². The number of hydrogen-bond donors (Lipinski definition) is 0. The molecule has 0 aliphatic carbocycles. The van der Waals surface area contributed by atoms with Crippen LogP contribution in [0.3, 0.4) is 0 Å². The van der Waals surface area contributed by atoms with Gasteiger partial charge in [-0.1, -0.05) is 41.3 Å². The van der Waals surface area contributed by atoms with Crippen molar-refractivity contribution in [2.45, 2.75) is 13.8 Å². The van der Waals surface area contributed by atoms with Gasteiger partial charge >= 0.3 is 0 Å². The maximum absolute atomic E-state index is 6.22. The molecule has 8 rings (SSSR count). The van der Waals surface area contributed by atoms with Crippen LogP contribution in [0.25, 0.3) is 61.6 Å². The number of fused-ring (bicyclic) bond motifs is 4. The molecule has 0 atom stereocenters. The van der Waals surface area contributed by atoms with Crippen LogP contribution < -0.4 is 0 Å². The topological polar surface area (TPSA) is 69.6 Å². The molecular formula is C36H25IrN5O-2. The zero-order chi connectivity index (χ0) is 28.5. The number of rotatable bonds is 3. The monoisotopic (exact) mass is 736 g/mol. The van der Waals surface area contributed by atoms with E-state index in [4.69, 9.17) is 9.40 Å². The normalized spacial score (nSPS) is 10.8. The molecule has 0 saturated carbocycles. The van der Waals surface area contributed by atoms with Crippen molar-refractivity contribution in [1.82, 2.24) is 24.5 Å². The number of nitrogens with zero attached hydrogens (tertiary/aromatic N) is 5. The first-order valence-electron chi connectivity index (χ1n) is 13.7. The van der Waals surface area contributed by atoms with Gasteiger partial charge < -0.3 is 14.0 Å². The molecule has 0 spiro atoms.